The standard InChI is InChI=1S/C27H24O4/c1-27(2,3)26(29)31-24-20-16-10-11-17-21(20)30-25(28)23(24)22(18-12-6-4-7-13-18)19-14-8-5-9-15-19/h4-17,22H,1-3H3. The molecule has 1 aromatic heterocycles. The molecule has 0 saturated carbocycles. The number of benzene rings is 3. The van der Waals surface area contributed by atoms with Crippen LogP contribution in [0.25, 0.3) is 11.0 Å². The molecule has 0 bridgehead atoms. The number of ether oxygens (including phenoxy) is 1. The van der Waals surface area contributed by atoms with Crippen molar-refractivity contribution in [3.05, 3.63) is 112 Å². The van der Waals surface area contributed by atoms with Gasteiger partial charge in [-0.2, -0.15) is 0 Å². The summed E-state index contributed by atoms with van der Waals surface area (Å²) in [5, 5.41) is 0.589. The van der Waals surface area contributed by atoms with Crippen molar-refractivity contribution in [2.45, 2.75) is 26.7 Å². The molecule has 0 aliphatic heterocycles. The van der Waals surface area contributed by atoms with Crippen molar-refractivity contribution in [1.82, 2.24) is 0 Å². The predicted octanol–water partition coefficient (Wildman–Crippen LogP) is 5.92. The quantitative estimate of drug-likeness (QED) is 0.308. The van der Waals surface area contributed by atoms with Crippen LogP contribution in [0.3, 0.4) is 0 Å². The highest BCUT2D eigenvalue weighted by atomic mass is 16.5. The first-order valence-electron chi connectivity index (χ1n) is 10.2. The van der Waals surface area contributed by atoms with Crippen LogP contribution in [0, 0.1) is 5.41 Å². The summed E-state index contributed by atoms with van der Waals surface area (Å²) in [5.41, 5.74) is 1.26. The lowest BCUT2D eigenvalue weighted by molar-refractivity contribution is -0.142. The molecule has 0 radical (unpaired) electrons. The number of para-hydroxylation sites is 1. The second kappa shape index (κ2) is 8.23. The number of hydrogen-bond acceptors (Lipinski definition) is 4. The zero-order valence-electron chi connectivity index (χ0n) is 17.8. The normalized spacial score (nSPS) is 11.6. The molecule has 1 heterocycles. The Kier molecular flexibility index (Phi) is 5.47. The van der Waals surface area contributed by atoms with Crippen LogP contribution in [0.2, 0.25) is 0 Å². The van der Waals surface area contributed by atoms with Crippen molar-refractivity contribution in [1.29, 1.82) is 0 Å². The van der Waals surface area contributed by atoms with E-state index in [2.05, 4.69) is 0 Å². The zero-order chi connectivity index (χ0) is 22.0. The molecular formula is C27H24O4. The fraction of sp³-hybridized carbons (Fsp3) is 0.185. The Morgan fingerprint density at radius 2 is 1.32 bits per heavy atom. The van der Waals surface area contributed by atoms with Gasteiger partial charge < -0.3 is 9.15 Å². The third-order valence-electron chi connectivity index (χ3n) is 5.16. The van der Waals surface area contributed by atoms with Gasteiger partial charge in [0.05, 0.1) is 16.4 Å². The van der Waals surface area contributed by atoms with Gasteiger partial charge in [0.2, 0.25) is 0 Å². The summed E-state index contributed by atoms with van der Waals surface area (Å²) in [7, 11) is 0. The molecule has 0 saturated heterocycles. The van der Waals surface area contributed by atoms with E-state index in [9.17, 15) is 9.59 Å². The van der Waals surface area contributed by atoms with Crippen molar-refractivity contribution >= 4 is 16.9 Å². The van der Waals surface area contributed by atoms with Gasteiger partial charge in [-0.1, -0.05) is 72.8 Å². The molecule has 0 unspecified atom stereocenters. The Labute approximate surface area is 181 Å². The molecule has 0 spiro atoms. The summed E-state index contributed by atoms with van der Waals surface area (Å²) in [6.07, 6.45) is 0. The monoisotopic (exact) mass is 412 g/mol. The van der Waals surface area contributed by atoms with Crippen LogP contribution in [0.4, 0.5) is 0 Å². The molecule has 0 aliphatic rings. The molecule has 4 aromatic rings. The first-order valence-corrected chi connectivity index (χ1v) is 10.2. The van der Waals surface area contributed by atoms with Crippen molar-refractivity contribution in [2.75, 3.05) is 0 Å². The maximum atomic E-state index is 13.3. The Morgan fingerprint density at radius 3 is 1.87 bits per heavy atom. The molecule has 0 aliphatic carbocycles. The SMILES string of the molecule is CC(C)(C)C(=O)Oc1c(C(c2ccccc2)c2ccccc2)c(=O)oc2ccccc12. The topological polar surface area (TPSA) is 56.5 Å². The number of carbonyl (C=O) groups is 1. The minimum Gasteiger partial charge on any atom is -0.425 e. The number of fused-ring (bicyclic) bond motifs is 1. The lowest BCUT2D eigenvalue weighted by Crippen LogP contribution is -2.27. The summed E-state index contributed by atoms with van der Waals surface area (Å²) in [6, 6.07) is 26.5. The summed E-state index contributed by atoms with van der Waals surface area (Å²) < 4.78 is 11.6. The molecule has 0 fully saturated rings. The van der Waals surface area contributed by atoms with Crippen LogP contribution in [-0.4, -0.2) is 5.97 Å². The molecule has 156 valence electrons. The van der Waals surface area contributed by atoms with Gasteiger partial charge in [-0.05, 0) is 44.0 Å². The van der Waals surface area contributed by atoms with Gasteiger partial charge in [0, 0.05) is 5.92 Å². The lowest BCUT2D eigenvalue weighted by Gasteiger charge is -2.23. The van der Waals surface area contributed by atoms with Crippen LogP contribution in [0.15, 0.2) is 94.1 Å². The third kappa shape index (κ3) is 4.15. The molecule has 3 aromatic carbocycles. The van der Waals surface area contributed by atoms with Crippen LogP contribution >= 0.6 is 0 Å². The van der Waals surface area contributed by atoms with Crippen LogP contribution in [-0.2, 0) is 4.79 Å². The first-order chi connectivity index (χ1) is 14.9. The lowest BCUT2D eigenvalue weighted by atomic mass is 9.85. The molecule has 0 N–H and O–H groups in total. The molecule has 31 heavy (non-hydrogen) atoms. The van der Waals surface area contributed by atoms with Crippen molar-refractivity contribution in [3.63, 3.8) is 0 Å². The van der Waals surface area contributed by atoms with Gasteiger partial charge in [-0.3, -0.25) is 4.79 Å². The maximum absolute atomic E-state index is 13.3. The summed E-state index contributed by atoms with van der Waals surface area (Å²) >= 11 is 0. The molecule has 4 heteroatoms. The van der Waals surface area contributed by atoms with E-state index in [1.54, 1.807) is 39.0 Å². The summed E-state index contributed by atoms with van der Waals surface area (Å²) in [6.45, 7) is 5.36. The number of hydrogen-bond donors (Lipinski definition) is 0. The highest BCUT2D eigenvalue weighted by Crippen LogP contribution is 2.39. The Morgan fingerprint density at radius 1 is 0.806 bits per heavy atom. The van der Waals surface area contributed by atoms with Gasteiger partial charge in [-0.15, -0.1) is 0 Å². The zero-order valence-corrected chi connectivity index (χ0v) is 17.8. The van der Waals surface area contributed by atoms with Crippen molar-refractivity contribution in [2.24, 2.45) is 5.41 Å². The largest absolute Gasteiger partial charge is 0.425 e. The third-order valence-corrected chi connectivity index (χ3v) is 5.16. The van der Waals surface area contributed by atoms with Crippen LogP contribution in [0.5, 0.6) is 5.75 Å². The van der Waals surface area contributed by atoms with E-state index in [1.165, 1.54) is 0 Å². The van der Waals surface area contributed by atoms with E-state index < -0.39 is 22.9 Å². The fourth-order valence-electron chi connectivity index (χ4n) is 3.56. The van der Waals surface area contributed by atoms with Crippen LogP contribution < -0.4 is 10.4 Å². The number of rotatable bonds is 4. The molecule has 0 amide bonds. The van der Waals surface area contributed by atoms with Gasteiger partial charge in [0.1, 0.15) is 5.58 Å². The second-order valence-electron chi connectivity index (χ2n) is 8.52. The van der Waals surface area contributed by atoms with Gasteiger partial charge in [0.25, 0.3) is 0 Å². The highest BCUT2D eigenvalue weighted by molar-refractivity contribution is 5.89. The maximum Gasteiger partial charge on any atom is 0.344 e. The smallest absolute Gasteiger partial charge is 0.344 e. The highest BCUT2D eigenvalue weighted by Gasteiger charge is 2.31. The Hall–Kier alpha value is -3.66. The minimum absolute atomic E-state index is 0.254. The number of carbonyl (C=O) groups excluding carboxylic acids is 1. The van der Waals surface area contributed by atoms with Crippen molar-refractivity contribution < 1.29 is 13.9 Å². The second-order valence-corrected chi connectivity index (χ2v) is 8.52. The average molecular weight is 412 g/mol. The van der Waals surface area contributed by atoms with Gasteiger partial charge >= 0.3 is 11.6 Å². The average Bonchev–Trinajstić information content (AvgIpc) is 2.76. The Balaban J connectivity index is 2.04. The van der Waals surface area contributed by atoms with Crippen LogP contribution in [0.1, 0.15) is 43.4 Å². The predicted molar refractivity (Wildman–Crippen MR) is 121 cm³/mol. The van der Waals surface area contributed by atoms with E-state index in [0.717, 1.165) is 11.1 Å². The van der Waals surface area contributed by atoms with E-state index >= 15 is 0 Å². The van der Waals surface area contributed by atoms with E-state index in [4.69, 9.17) is 9.15 Å². The number of esters is 1. The molecule has 0 atom stereocenters. The van der Waals surface area contributed by atoms with E-state index in [0.29, 0.717) is 16.5 Å². The summed E-state index contributed by atoms with van der Waals surface area (Å²) in [4.78, 5) is 26.2. The van der Waals surface area contributed by atoms with Gasteiger partial charge in [0.15, 0.2) is 5.75 Å². The first kappa shape index (κ1) is 20.6. The minimum atomic E-state index is -0.733. The Bertz CT molecular complexity index is 1230. The molecule has 4 nitrogen and oxygen atoms in total. The van der Waals surface area contributed by atoms with E-state index in [1.807, 2.05) is 66.7 Å². The van der Waals surface area contributed by atoms with Gasteiger partial charge in [-0.25, -0.2) is 4.79 Å². The van der Waals surface area contributed by atoms with E-state index in [-0.39, 0.29) is 5.75 Å². The molecule has 4 rings (SSSR count). The van der Waals surface area contributed by atoms with Crippen molar-refractivity contribution in [3.8, 4) is 5.75 Å². The molecular weight excluding hydrogens is 388 g/mol. The summed E-state index contributed by atoms with van der Waals surface area (Å²) in [5.74, 6) is -0.611. The fourth-order valence-corrected chi connectivity index (χ4v) is 3.56.